The normalized spacial score (nSPS) is 17.3. The van der Waals surface area contributed by atoms with Crippen molar-refractivity contribution in [3.63, 3.8) is 0 Å². The smallest absolute Gasteiger partial charge is 0.242 e. The lowest BCUT2D eigenvalue weighted by molar-refractivity contribution is -0.118. The summed E-state index contributed by atoms with van der Waals surface area (Å²) in [6.07, 6.45) is 7.76. The first-order valence-electron chi connectivity index (χ1n) is 12.2. The minimum atomic E-state index is -0.540. The molecule has 0 bridgehead atoms. The van der Waals surface area contributed by atoms with Crippen molar-refractivity contribution in [3.05, 3.63) is 47.4 Å². The molecule has 1 heterocycles. The molecule has 1 aliphatic rings. The van der Waals surface area contributed by atoms with Crippen LogP contribution < -0.4 is 16.0 Å². The molecule has 0 fully saturated rings. The second-order valence-corrected chi connectivity index (χ2v) is 9.07. The van der Waals surface area contributed by atoms with E-state index in [1.54, 1.807) is 13.4 Å². The number of imidazole rings is 1. The fourth-order valence-corrected chi connectivity index (χ4v) is 4.41. The van der Waals surface area contributed by atoms with Crippen LogP contribution in [0.3, 0.4) is 0 Å². The van der Waals surface area contributed by atoms with Gasteiger partial charge in [0.15, 0.2) is 5.82 Å². The van der Waals surface area contributed by atoms with E-state index in [-0.39, 0.29) is 18.0 Å². The van der Waals surface area contributed by atoms with Crippen molar-refractivity contribution in [1.29, 1.82) is 0 Å². The maximum atomic E-state index is 14.3. The van der Waals surface area contributed by atoms with E-state index in [1.165, 1.54) is 6.07 Å². The number of carbonyl (C=O) groups excluding carboxylic acids is 1. The molecular weight excluding hydrogens is 440 g/mol. The van der Waals surface area contributed by atoms with E-state index in [1.807, 2.05) is 17.7 Å². The lowest BCUT2D eigenvalue weighted by atomic mass is 9.87. The Hall–Kier alpha value is -2.36. The van der Waals surface area contributed by atoms with Gasteiger partial charge in [-0.3, -0.25) is 4.79 Å². The van der Waals surface area contributed by atoms with Crippen molar-refractivity contribution in [2.45, 2.75) is 70.5 Å². The molecule has 1 aromatic heterocycles. The number of ether oxygens (including phenoxy) is 1. The average molecular weight is 478 g/mol. The molecule has 3 atom stereocenters. The van der Waals surface area contributed by atoms with Crippen LogP contribution in [0.4, 0.5) is 14.6 Å². The van der Waals surface area contributed by atoms with E-state index in [9.17, 15) is 13.6 Å². The Morgan fingerprint density at radius 2 is 2.18 bits per heavy atom. The van der Waals surface area contributed by atoms with Crippen LogP contribution in [0.5, 0.6) is 0 Å². The van der Waals surface area contributed by atoms with E-state index in [0.717, 1.165) is 50.6 Å². The summed E-state index contributed by atoms with van der Waals surface area (Å²) in [5.74, 6) is -0.690. The highest BCUT2D eigenvalue weighted by Crippen LogP contribution is 2.26. The summed E-state index contributed by atoms with van der Waals surface area (Å²) in [7, 11) is 1.70. The molecule has 9 heteroatoms. The Morgan fingerprint density at radius 3 is 2.94 bits per heavy atom. The second kappa shape index (κ2) is 12.9. The van der Waals surface area contributed by atoms with Gasteiger partial charge in [-0.15, -0.1) is 0 Å². The molecular formula is C25H37F2N5O2. The van der Waals surface area contributed by atoms with Gasteiger partial charge in [0, 0.05) is 44.6 Å². The molecule has 0 saturated heterocycles. The molecule has 1 aliphatic carbocycles. The van der Waals surface area contributed by atoms with Crippen LogP contribution in [0, 0.1) is 11.6 Å². The van der Waals surface area contributed by atoms with Crippen molar-refractivity contribution in [2.75, 3.05) is 32.1 Å². The zero-order valence-electron chi connectivity index (χ0n) is 20.4. The molecule has 34 heavy (non-hydrogen) atoms. The number of fused-ring (bicyclic) bond motifs is 1. The first-order valence-corrected chi connectivity index (χ1v) is 12.2. The number of rotatable bonds is 13. The monoisotopic (exact) mass is 477 g/mol. The summed E-state index contributed by atoms with van der Waals surface area (Å²) in [6, 6.07) is 2.08. The predicted molar refractivity (Wildman–Crippen MR) is 129 cm³/mol. The molecule has 3 rings (SSSR count). The van der Waals surface area contributed by atoms with Gasteiger partial charge in [0.2, 0.25) is 5.91 Å². The average Bonchev–Trinajstić information content (AvgIpc) is 3.27. The maximum Gasteiger partial charge on any atom is 0.242 e. The number of anilines is 1. The molecule has 0 saturated carbocycles. The van der Waals surface area contributed by atoms with Crippen LogP contribution in [-0.2, 0) is 22.4 Å². The van der Waals surface area contributed by atoms with Gasteiger partial charge in [-0.1, -0.05) is 13.3 Å². The minimum Gasteiger partial charge on any atom is -0.385 e. The summed E-state index contributed by atoms with van der Waals surface area (Å²) >= 11 is 0. The number of hydrogen-bond donors (Lipinski definition) is 3. The first-order chi connectivity index (χ1) is 16.4. The number of carbonyl (C=O) groups is 1. The highest BCUT2D eigenvalue weighted by molar-refractivity contribution is 5.94. The Morgan fingerprint density at radius 1 is 1.35 bits per heavy atom. The van der Waals surface area contributed by atoms with E-state index in [2.05, 4.69) is 27.9 Å². The summed E-state index contributed by atoms with van der Waals surface area (Å²) in [4.78, 5) is 17.4. The largest absolute Gasteiger partial charge is 0.385 e. The lowest BCUT2D eigenvalue weighted by Crippen LogP contribution is -2.48. The Bertz CT molecular complexity index is 936. The van der Waals surface area contributed by atoms with Crippen molar-refractivity contribution >= 4 is 11.7 Å². The molecule has 0 unspecified atom stereocenters. The fraction of sp³-hybridized carbons (Fsp3) is 0.600. The van der Waals surface area contributed by atoms with Crippen molar-refractivity contribution in [3.8, 4) is 0 Å². The zero-order valence-corrected chi connectivity index (χ0v) is 20.4. The van der Waals surface area contributed by atoms with E-state index in [0.29, 0.717) is 30.6 Å². The predicted octanol–water partition coefficient (Wildman–Crippen LogP) is 3.60. The Labute approximate surface area is 200 Å². The van der Waals surface area contributed by atoms with Gasteiger partial charge >= 0.3 is 0 Å². The minimum absolute atomic E-state index is 0.0449. The maximum absolute atomic E-state index is 14.3. The van der Waals surface area contributed by atoms with Crippen molar-refractivity contribution in [1.82, 2.24) is 20.2 Å². The van der Waals surface area contributed by atoms with Gasteiger partial charge in [-0.25, -0.2) is 13.8 Å². The second-order valence-electron chi connectivity index (χ2n) is 9.07. The van der Waals surface area contributed by atoms with Gasteiger partial charge in [0.1, 0.15) is 11.6 Å². The van der Waals surface area contributed by atoms with Crippen LogP contribution in [0.2, 0.25) is 0 Å². The standard InChI is InChI=1S/C25H37F2N5O2/c1-4-6-23(30-20-8-7-18-11-19(26)12-22(27)21(18)13-20)25(33)31-24-15-32(16-29-24)17(2)14-28-9-5-10-34-3/h11-12,15-17,20,23,28,30H,4-10,13-14H2,1-3H3,(H,31,33)/t17-,20-,23-/m0/s1. The van der Waals surface area contributed by atoms with Crippen LogP contribution >= 0.6 is 0 Å². The quantitative estimate of drug-likeness (QED) is 0.384. The Kier molecular flexibility index (Phi) is 9.98. The van der Waals surface area contributed by atoms with Gasteiger partial charge < -0.3 is 25.3 Å². The third-order valence-corrected chi connectivity index (χ3v) is 6.30. The number of halogens is 2. The molecule has 2 aromatic rings. The van der Waals surface area contributed by atoms with E-state index < -0.39 is 17.7 Å². The molecule has 3 N–H and O–H groups in total. The summed E-state index contributed by atoms with van der Waals surface area (Å²) in [5, 5.41) is 9.72. The van der Waals surface area contributed by atoms with Crippen molar-refractivity contribution < 1.29 is 18.3 Å². The molecule has 1 aromatic carbocycles. The molecule has 0 aliphatic heterocycles. The first kappa shape index (κ1) is 26.2. The Balaban J connectivity index is 1.54. The number of aromatic nitrogens is 2. The highest BCUT2D eigenvalue weighted by atomic mass is 19.1. The summed E-state index contributed by atoms with van der Waals surface area (Å²) in [5.41, 5.74) is 1.27. The van der Waals surface area contributed by atoms with Crippen LogP contribution in [-0.4, -0.2) is 54.3 Å². The van der Waals surface area contributed by atoms with E-state index >= 15 is 0 Å². The zero-order chi connectivity index (χ0) is 24.5. The summed E-state index contributed by atoms with van der Waals surface area (Å²) in [6.45, 7) is 6.51. The van der Waals surface area contributed by atoms with Crippen molar-refractivity contribution in [2.24, 2.45) is 0 Å². The van der Waals surface area contributed by atoms with Gasteiger partial charge in [-0.2, -0.15) is 0 Å². The molecule has 1 amide bonds. The number of benzene rings is 1. The third-order valence-electron chi connectivity index (χ3n) is 6.30. The summed E-state index contributed by atoms with van der Waals surface area (Å²) < 4.78 is 34.8. The van der Waals surface area contributed by atoms with Gasteiger partial charge in [-0.05, 0) is 62.8 Å². The number of hydrogen-bond acceptors (Lipinski definition) is 5. The topological polar surface area (TPSA) is 80.2 Å². The third kappa shape index (κ3) is 7.32. The highest BCUT2D eigenvalue weighted by Gasteiger charge is 2.27. The van der Waals surface area contributed by atoms with Gasteiger partial charge in [0.05, 0.1) is 12.4 Å². The number of amides is 1. The lowest BCUT2D eigenvalue weighted by Gasteiger charge is -2.29. The van der Waals surface area contributed by atoms with E-state index in [4.69, 9.17) is 4.74 Å². The SMILES string of the molecule is CCC[C@H](N[C@H]1CCc2cc(F)cc(F)c2C1)C(=O)Nc1cn([C@@H](C)CNCCCOC)cn1. The van der Waals surface area contributed by atoms with Crippen LogP contribution in [0.15, 0.2) is 24.7 Å². The molecule has 0 spiro atoms. The number of methoxy groups -OCH3 is 1. The van der Waals surface area contributed by atoms with Crippen LogP contribution in [0.25, 0.3) is 0 Å². The molecule has 0 radical (unpaired) electrons. The number of nitrogens with one attached hydrogen (secondary N) is 3. The molecule has 7 nitrogen and oxygen atoms in total. The fourth-order valence-electron chi connectivity index (χ4n) is 4.41. The molecule has 188 valence electrons. The van der Waals surface area contributed by atoms with Gasteiger partial charge in [0.25, 0.3) is 0 Å². The number of nitrogens with zero attached hydrogens (tertiary/aromatic N) is 2. The van der Waals surface area contributed by atoms with Crippen LogP contribution in [0.1, 0.15) is 56.7 Å². The number of aryl methyl sites for hydroxylation is 1.